The van der Waals surface area contributed by atoms with Crippen LogP contribution < -0.4 is 0 Å². The summed E-state index contributed by atoms with van der Waals surface area (Å²) in [5.74, 6) is 0. The number of rotatable bonds is 2. The van der Waals surface area contributed by atoms with Crippen LogP contribution in [0.5, 0.6) is 0 Å². The summed E-state index contributed by atoms with van der Waals surface area (Å²) in [4.78, 5) is 0. The third kappa shape index (κ3) is 2.69. The van der Waals surface area contributed by atoms with Crippen molar-refractivity contribution in [3.05, 3.63) is 34.9 Å². The number of ether oxygens (including phenoxy) is 2. The second-order valence-corrected chi connectivity index (χ2v) is 3.92. The molecule has 1 aromatic carbocycles. The molecule has 0 saturated carbocycles. The third-order valence-corrected chi connectivity index (χ3v) is 2.66. The van der Waals surface area contributed by atoms with Crippen molar-refractivity contribution in [2.75, 3.05) is 19.8 Å². The van der Waals surface area contributed by atoms with Crippen molar-refractivity contribution >= 4 is 11.6 Å². The lowest BCUT2D eigenvalue weighted by Crippen LogP contribution is -2.33. The summed E-state index contributed by atoms with van der Waals surface area (Å²) in [7, 11) is 0. The summed E-state index contributed by atoms with van der Waals surface area (Å²) < 4.78 is 10.7. The molecule has 3 nitrogen and oxygen atoms in total. The van der Waals surface area contributed by atoms with E-state index in [4.69, 9.17) is 21.1 Å². The Labute approximate surface area is 93.6 Å². The number of aliphatic hydroxyl groups excluding tert-OH is 1. The van der Waals surface area contributed by atoms with E-state index in [9.17, 15) is 5.11 Å². The molecule has 1 N–H and O–H groups in total. The first kappa shape index (κ1) is 10.9. The highest BCUT2D eigenvalue weighted by atomic mass is 35.5. The fraction of sp³-hybridized carbons (Fsp3) is 0.455. The van der Waals surface area contributed by atoms with Crippen LogP contribution in [0.2, 0.25) is 5.02 Å². The van der Waals surface area contributed by atoms with Crippen LogP contribution in [-0.2, 0) is 9.47 Å². The van der Waals surface area contributed by atoms with E-state index in [0.29, 0.717) is 24.8 Å². The van der Waals surface area contributed by atoms with E-state index < -0.39 is 6.10 Å². The minimum Gasteiger partial charge on any atom is -0.386 e. The van der Waals surface area contributed by atoms with Gasteiger partial charge in [0.2, 0.25) is 0 Å². The molecule has 0 radical (unpaired) electrons. The van der Waals surface area contributed by atoms with E-state index in [1.807, 2.05) is 0 Å². The second-order valence-electron chi connectivity index (χ2n) is 3.48. The van der Waals surface area contributed by atoms with E-state index in [1.165, 1.54) is 0 Å². The molecule has 0 aromatic heterocycles. The Hall–Kier alpha value is -0.610. The number of aliphatic hydroxyl groups is 1. The summed E-state index contributed by atoms with van der Waals surface area (Å²) in [5, 5.41) is 10.6. The Morgan fingerprint density at radius 3 is 2.60 bits per heavy atom. The van der Waals surface area contributed by atoms with Crippen molar-refractivity contribution in [3.63, 3.8) is 0 Å². The monoisotopic (exact) mass is 228 g/mol. The molecule has 1 heterocycles. The van der Waals surface area contributed by atoms with Gasteiger partial charge in [-0.25, -0.2) is 0 Å². The van der Waals surface area contributed by atoms with E-state index >= 15 is 0 Å². The summed E-state index contributed by atoms with van der Waals surface area (Å²) >= 11 is 5.76. The lowest BCUT2D eigenvalue weighted by atomic mass is 10.0. The molecule has 0 amide bonds. The fourth-order valence-electron chi connectivity index (χ4n) is 1.56. The molecule has 1 aliphatic rings. The molecular formula is C11H13ClO3. The highest BCUT2D eigenvalue weighted by molar-refractivity contribution is 6.30. The zero-order valence-corrected chi connectivity index (χ0v) is 8.98. The van der Waals surface area contributed by atoms with Crippen LogP contribution >= 0.6 is 11.6 Å². The van der Waals surface area contributed by atoms with Crippen molar-refractivity contribution in [1.29, 1.82) is 0 Å². The van der Waals surface area contributed by atoms with Crippen molar-refractivity contribution < 1.29 is 14.6 Å². The first-order valence-corrected chi connectivity index (χ1v) is 5.28. The van der Waals surface area contributed by atoms with Gasteiger partial charge in [-0.15, -0.1) is 0 Å². The average Bonchev–Trinajstić information content (AvgIpc) is 2.30. The SMILES string of the molecule is OC(c1ccc(Cl)cc1)C1COCCO1. The van der Waals surface area contributed by atoms with Gasteiger partial charge in [-0.3, -0.25) is 0 Å². The van der Waals surface area contributed by atoms with Gasteiger partial charge < -0.3 is 14.6 Å². The fourth-order valence-corrected chi connectivity index (χ4v) is 1.69. The van der Waals surface area contributed by atoms with Crippen LogP contribution in [0, 0.1) is 0 Å². The second kappa shape index (κ2) is 4.94. The van der Waals surface area contributed by atoms with Crippen molar-refractivity contribution in [3.8, 4) is 0 Å². The number of halogens is 1. The van der Waals surface area contributed by atoms with Gasteiger partial charge in [0.15, 0.2) is 0 Å². The Balaban J connectivity index is 2.05. The van der Waals surface area contributed by atoms with E-state index in [0.717, 1.165) is 5.56 Å². The molecule has 1 aliphatic heterocycles. The minimum absolute atomic E-state index is 0.278. The quantitative estimate of drug-likeness (QED) is 0.839. The summed E-state index contributed by atoms with van der Waals surface area (Å²) in [6, 6.07) is 7.10. The molecule has 2 unspecified atom stereocenters. The van der Waals surface area contributed by atoms with E-state index in [-0.39, 0.29) is 6.10 Å². The standard InChI is InChI=1S/C11H13ClO3/c12-9-3-1-8(2-4-9)11(13)10-7-14-5-6-15-10/h1-4,10-11,13H,5-7H2. The molecule has 1 saturated heterocycles. The average molecular weight is 229 g/mol. The molecule has 1 fully saturated rings. The highest BCUT2D eigenvalue weighted by Gasteiger charge is 2.24. The van der Waals surface area contributed by atoms with Crippen molar-refractivity contribution in [1.82, 2.24) is 0 Å². The van der Waals surface area contributed by atoms with Gasteiger partial charge in [0.05, 0.1) is 19.8 Å². The third-order valence-electron chi connectivity index (χ3n) is 2.41. The largest absolute Gasteiger partial charge is 0.386 e. The highest BCUT2D eigenvalue weighted by Crippen LogP contribution is 2.22. The first-order valence-electron chi connectivity index (χ1n) is 4.90. The van der Waals surface area contributed by atoms with Gasteiger partial charge in [-0.1, -0.05) is 23.7 Å². The van der Waals surface area contributed by atoms with Gasteiger partial charge in [-0.2, -0.15) is 0 Å². The van der Waals surface area contributed by atoms with Gasteiger partial charge in [0, 0.05) is 5.02 Å². The maximum absolute atomic E-state index is 9.99. The molecular weight excluding hydrogens is 216 g/mol. The minimum atomic E-state index is -0.650. The summed E-state index contributed by atoms with van der Waals surface area (Å²) in [5.41, 5.74) is 0.801. The maximum Gasteiger partial charge on any atom is 0.111 e. The Morgan fingerprint density at radius 1 is 1.27 bits per heavy atom. The van der Waals surface area contributed by atoms with Crippen molar-refractivity contribution in [2.45, 2.75) is 12.2 Å². The van der Waals surface area contributed by atoms with Gasteiger partial charge in [-0.05, 0) is 17.7 Å². The van der Waals surface area contributed by atoms with Crippen LogP contribution in [-0.4, -0.2) is 31.0 Å². The van der Waals surface area contributed by atoms with E-state index in [1.54, 1.807) is 24.3 Å². The lowest BCUT2D eigenvalue weighted by Gasteiger charge is -2.27. The summed E-state index contributed by atoms with van der Waals surface area (Å²) in [6.45, 7) is 1.57. The van der Waals surface area contributed by atoms with Gasteiger partial charge in [0.1, 0.15) is 12.2 Å². The van der Waals surface area contributed by atoms with Crippen LogP contribution in [0.3, 0.4) is 0 Å². The molecule has 0 spiro atoms. The van der Waals surface area contributed by atoms with Crippen LogP contribution in [0.1, 0.15) is 11.7 Å². The number of hydrogen-bond donors (Lipinski definition) is 1. The van der Waals surface area contributed by atoms with Crippen molar-refractivity contribution in [2.24, 2.45) is 0 Å². The molecule has 2 rings (SSSR count). The van der Waals surface area contributed by atoms with Gasteiger partial charge in [0.25, 0.3) is 0 Å². The Kier molecular flexibility index (Phi) is 3.59. The topological polar surface area (TPSA) is 38.7 Å². The number of hydrogen-bond acceptors (Lipinski definition) is 3. The zero-order valence-electron chi connectivity index (χ0n) is 8.23. The number of benzene rings is 1. The smallest absolute Gasteiger partial charge is 0.111 e. The lowest BCUT2D eigenvalue weighted by molar-refractivity contribution is -0.133. The Bertz CT molecular complexity index is 306. The van der Waals surface area contributed by atoms with Gasteiger partial charge >= 0.3 is 0 Å². The zero-order chi connectivity index (χ0) is 10.7. The normalized spacial score (nSPS) is 23.7. The van der Waals surface area contributed by atoms with Crippen LogP contribution in [0.15, 0.2) is 24.3 Å². The van der Waals surface area contributed by atoms with E-state index in [2.05, 4.69) is 0 Å². The molecule has 2 atom stereocenters. The molecule has 0 bridgehead atoms. The molecule has 1 aromatic rings. The van der Waals surface area contributed by atoms with Crippen LogP contribution in [0.25, 0.3) is 0 Å². The predicted octanol–water partition coefficient (Wildman–Crippen LogP) is 1.79. The first-order chi connectivity index (χ1) is 7.27. The molecule has 82 valence electrons. The Morgan fingerprint density at radius 2 is 2.00 bits per heavy atom. The maximum atomic E-state index is 9.99. The van der Waals surface area contributed by atoms with Crippen LogP contribution in [0.4, 0.5) is 0 Å². The molecule has 0 aliphatic carbocycles. The predicted molar refractivity (Wildman–Crippen MR) is 57.0 cm³/mol. The molecule has 4 heteroatoms. The molecule has 15 heavy (non-hydrogen) atoms. The summed E-state index contributed by atoms with van der Waals surface area (Å²) in [6.07, 6.45) is -0.928.